The maximum Gasteiger partial charge on any atom is 0.266 e. The molecule has 21 heavy (non-hydrogen) atoms. The zero-order valence-corrected chi connectivity index (χ0v) is 14.2. The Morgan fingerprint density at radius 2 is 2.00 bits per heavy atom. The Labute approximate surface area is 136 Å². The van der Waals surface area contributed by atoms with E-state index in [1.54, 1.807) is 18.2 Å². The molecule has 0 aliphatic carbocycles. The maximum absolute atomic E-state index is 11.7. The van der Waals surface area contributed by atoms with Gasteiger partial charge in [-0.25, -0.2) is 13.1 Å². The summed E-state index contributed by atoms with van der Waals surface area (Å²) < 4.78 is 29.5. The summed E-state index contributed by atoms with van der Waals surface area (Å²) >= 11 is 12.2. The van der Waals surface area contributed by atoms with E-state index in [9.17, 15) is 8.42 Å². The predicted molar refractivity (Wildman–Crippen MR) is 82.1 cm³/mol. The molecule has 114 valence electrons. The Balaban J connectivity index is 2.68. The van der Waals surface area contributed by atoms with E-state index in [0.29, 0.717) is 10.7 Å². The minimum Gasteiger partial charge on any atom is -0.378 e. The number of halogens is 3. The lowest BCUT2D eigenvalue weighted by Gasteiger charge is -2.05. The third kappa shape index (κ3) is 3.35. The average Bonchev–Trinajstić information content (AvgIpc) is 2.70. The second-order valence-electron chi connectivity index (χ2n) is 4.28. The highest BCUT2D eigenvalue weighted by Crippen LogP contribution is 2.31. The van der Waals surface area contributed by atoms with Crippen LogP contribution in [-0.2, 0) is 20.4 Å². The Hall–Kier alpha value is -0.790. The van der Waals surface area contributed by atoms with E-state index in [1.165, 1.54) is 11.8 Å². The monoisotopic (exact) mass is 368 g/mol. The number of benzene rings is 1. The number of ether oxygens (including phenoxy) is 1. The third-order valence-corrected chi connectivity index (χ3v) is 5.03. The molecule has 1 aromatic carbocycles. The number of aryl methyl sites for hydroxylation is 1. The molecule has 0 fully saturated rings. The molecule has 5 nitrogen and oxygen atoms in total. The van der Waals surface area contributed by atoms with E-state index in [0.717, 1.165) is 5.56 Å². The third-order valence-electron chi connectivity index (χ3n) is 2.78. The Bertz CT molecular complexity index is 787. The zero-order chi connectivity index (χ0) is 15.8. The van der Waals surface area contributed by atoms with Crippen molar-refractivity contribution in [3.8, 4) is 5.69 Å². The van der Waals surface area contributed by atoms with Crippen molar-refractivity contribution in [3.63, 3.8) is 0 Å². The van der Waals surface area contributed by atoms with Crippen molar-refractivity contribution in [1.29, 1.82) is 0 Å². The molecule has 2 rings (SSSR count). The summed E-state index contributed by atoms with van der Waals surface area (Å²) in [5, 5.41) is 4.55. The molecule has 0 bridgehead atoms. The van der Waals surface area contributed by atoms with Gasteiger partial charge in [-0.15, -0.1) is 0 Å². The van der Waals surface area contributed by atoms with Gasteiger partial charge in [-0.1, -0.05) is 29.3 Å². The van der Waals surface area contributed by atoms with Crippen LogP contribution in [0.15, 0.2) is 23.1 Å². The van der Waals surface area contributed by atoms with Gasteiger partial charge in [0.15, 0.2) is 5.15 Å². The molecular weight excluding hydrogens is 359 g/mol. The molecule has 0 aliphatic heterocycles. The Morgan fingerprint density at radius 1 is 1.33 bits per heavy atom. The van der Waals surface area contributed by atoms with E-state index >= 15 is 0 Å². The fourth-order valence-corrected chi connectivity index (χ4v) is 3.78. The van der Waals surface area contributed by atoms with Gasteiger partial charge < -0.3 is 4.74 Å². The van der Waals surface area contributed by atoms with Gasteiger partial charge in [-0.2, -0.15) is 5.10 Å². The lowest BCUT2D eigenvalue weighted by Crippen LogP contribution is -1.98. The second kappa shape index (κ2) is 6.14. The Morgan fingerprint density at radius 3 is 2.52 bits per heavy atom. The summed E-state index contributed by atoms with van der Waals surface area (Å²) in [5.74, 6) is 0. The smallest absolute Gasteiger partial charge is 0.266 e. The van der Waals surface area contributed by atoms with Crippen molar-refractivity contribution >= 4 is 42.9 Å². The summed E-state index contributed by atoms with van der Waals surface area (Å²) in [7, 11) is 2.78. The highest BCUT2D eigenvalue weighted by Gasteiger charge is 2.27. The molecule has 0 spiro atoms. The first-order chi connectivity index (χ1) is 9.75. The average molecular weight is 370 g/mol. The Kier molecular flexibility index (Phi) is 4.85. The van der Waals surface area contributed by atoms with E-state index in [-0.39, 0.29) is 22.3 Å². The van der Waals surface area contributed by atoms with E-state index in [4.69, 9.17) is 38.6 Å². The molecule has 0 N–H and O–H groups in total. The van der Waals surface area contributed by atoms with Crippen LogP contribution in [0.2, 0.25) is 10.2 Å². The van der Waals surface area contributed by atoms with Crippen molar-refractivity contribution in [2.24, 2.45) is 0 Å². The summed E-state index contributed by atoms with van der Waals surface area (Å²) in [6, 6.07) is 5.14. The van der Waals surface area contributed by atoms with Gasteiger partial charge in [0.2, 0.25) is 0 Å². The van der Waals surface area contributed by atoms with Crippen LogP contribution in [0.4, 0.5) is 0 Å². The van der Waals surface area contributed by atoms with Crippen molar-refractivity contribution < 1.29 is 13.2 Å². The molecule has 0 aliphatic rings. The SMILES string of the molecule is COCc1nn(-c2ccc(C)c(Cl)c2)c(Cl)c1S(=O)(=O)Cl. The fourth-order valence-electron chi connectivity index (χ4n) is 1.78. The summed E-state index contributed by atoms with van der Waals surface area (Å²) in [4.78, 5) is -0.260. The highest BCUT2D eigenvalue weighted by molar-refractivity contribution is 8.13. The summed E-state index contributed by atoms with van der Waals surface area (Å²) in [6.45, 7) is 1.81. The molecule has 1 heterocycles. The lowest BCUT2D eigenvalue weighted by atomic mass is 10.2. The predicted octanol–water partition coefficient (Wildman–Crippen LogP) is 3.56. The summed E-state index contributed by atoms with van der Waals surface area (Å²) in [5.41, 5.74) is 1.54. The van der Waals surface area contributed by atoms with E-state index < -0.39 is 9.05 Å². The molecule has 1 aromatic heterocycles. The van der Waals surface area contributed by atoms with Crippen LogP contribution in [0, 0.1) is 6.92 Å². The quantitative estimate of drug-likeness (QED) is 0.773. The van der Waals surface area contributed by atoms with Gasteiger partial charge >= 0.3 is 0 Å². The van der Waals surface area contributed by atoms with Crippen LogP contribution in [0.3, 0.4) is 0 Å². The van der Waals surface area contributed by atoms with Gasteiger partial charge in [0.05, 0.1) is 12.3 Å². The number of aromatic nitrogens is 2. The molecule has 0 radical (unpaired) electrons. The van der Waals surface area contributed by atoms with Crippen molar-refractivity contribution in [2.75, 3.05) is 7.11 Å². The van der Waals surface area contributed by atoms with Crippen LogP contribution in [0.5, 0.6) is 0 Å². The van der Waals surface area contributed by atoms with Gasteiger partial charge in [0.1, 0.15) is 10.6 Å². The molecular formula is C12H11Cl3N2O3S. The molecule has 9 heteroatoms. The number of hydrogen-bond acceptors (Lipinski definition) is 4. The van der Waals surface area contributed by atoms with E-state index in [1.807, 2.05) is 6.92 Å². The lowest BCUT2D eigenvalue weighted by molar-refractivity contribution is 0.179. The highest BCUT2D eigenvalue weighted by atomic mass is 35.7. The van der Waals surface area contributed by atoms with Crippen LogP contribution in [0.1, 0.15) is 11.3 Å². The van der Waals surface area contributed by atoms with Crippen molar-refractivity contribution in [2.45, 2.75) is 18.4 Å². The minimum absolute atomic E-state index is 0.0341. The number of nitrogens with zero attached hydrogens (tertiary/aromatic N) is 2. The maximum atomic E-state index is 11.7. The fraction of sp³-hybridized carbons (Fsp3) is 0.250. The summed E-state index contributed by atoms with van der Waals surface area (Å²) in [6.07, 6.45) is 0. The molecule has 0 saturated carbocycles. The van der Waals surface area contributed by atoms with Crippen LogP contribution in [-0.4, -0.2) is 25.3 Å². The van der Waals surface area contributed by atoms with Crippen molar-refractivity contribution in [1.82, 2.24) is 9.78 Å². The van der Waals surface area contributed by atoms with Gasteiger partial charge in [-0.3, -0.25) is 0 Å². The molecule has 0 saturated heterocycles. The largest absolute Gasteiger partial charge is 0.378 e. The zero-order valence-electron chi connectivity index (χ0n) is 11.1. The molecule has 0 unspecified atom stereocenters. The molecule has 2 aromatic rings. The number of methoxy groups -OCH3 is 1. The van der Waals surface area contributed by atoms with Gasteiger partial charge in [0.25, 0.3) is 9.05 Å². The first kappa shape index (κ1) is 16.6. The van der Waals surface area contributed by atoms with Crippen LogP contribution < -0.4 is 0 Å². The van der Waals surface area contributed by atoms with Crippen LogP contribution >= 0.6 is 33.9 Å². The van der Waals surface area contributed by atoms with E-state index in [2.05, 4.69) is 5.10 Å². The first-order valence-electron chi connectivity index (χ1n) is 5.73. The first-order valence-corrected chi connectivity index (χ1v) is 8.79. The second-order valence-corrected chi connectivity index (χ2v) is 7.55. The normalized spacial score (nSPS) is 11.9. The minimum atomic E-state index is -4.05. The standard InChI is InChI=1S/C12H11Cl3N2O3S/c1-7-3-4-8(5-9(7)13)17-12(14)11(21(15,18)19)10(16-17)6-20-2/h3-5H,6H2,1-2H3. The number of rotatable bonds is 4. The molecule has 0 atom stereocenters. The molecule has 0 amide bonds. The van der Waals surface area contributed by atoms with Gasteiger partial charge in [-0.05, 0) is 24.6 Å². The van der Waals surface area contributed by atoms with Crippen LogP contribution in [0.25, 0.3) is 5.69 Å². The van der Waals surface area contributed by atoms with Gasteiger partial charge in [0, 0.05) is 22.8 Å². The topological polar surface area (TPSA) is 61.2 Å². The van der Waals surface area contributed by atoms with Crippen molar-refractivity contribution in [3.05, 3.63) is 39.6 Å². The number of hydrogen-bond donors (Lipinski definition) is 0.